The molecule has 0 aliphatic rings. The number of allylic oxidation sites excluding steroid dienone is 7. The van der Waals surface area contributed by atoms with Crippen LogP contribution in [-0.4, -0.2) is 46.1 Å². The average Bonchev–Trinajstić information content (AvgIpc) is 3.19. The fourth-order valence-corrected chi connectivity index (χ4v) is 7.13. The minimum absolute atomic E-state index is 0.379. The van der Waals surface area contributed by atoms with Crippen LogP contribution in [0.15, 0.2) is 48.6 Å². The first-order valence-electron chi connectivity index (χ1n) is 24.0. The molecule has 55 heavy (non-hydrogen) atoms. The van der Waals surface area contributed by atoms with Crippen LogP contribution >= 0.6 is 0 Å². The molecule has 0 aromatic heterocycles. The predicted octanol–water partition coefficient (Wildman–Crippen LogP) is 14.1. The van der Waals surface area contributed by atoms with E-state index in [4.69, 9.17) is 0 Å². The van der Waals surface area contributed by atoms with Crippen LogP contribution in [0.2, 0.25) is 0 Å². The number of hydrogen-bond donors (Lipinski definition) is 4. The van der Waals surface area contributed by atoms with Crippen molar-refractivity contribution >= 4 is 5.91 Å². The van der Waals surface area contributed by atoms with Gasteiger partial charge in [0.2, 0.25) is 5.91 Å². The first-order valence-corrected chi connectivity index (χ1v) is 24.0. The lowest BCUT2D eigenvalue weighted by Crippen LogP contribution is -2.48. The van der Waals surface area contributed by atoms with Gasteiger partial charge in [-0.2, -0.15) is 0 Å². The summed E-state index contributed by atoms with van der Waals surface area (Å²) in [6.45, 7) is 4.15. The molecule has 4 N–H and O–H groups in total. The number of nitrogens with one attached hydrogen (secondary N) is 1. The molecule has 0 fully saturated rings. The van der Waals surface area contributed by atoms with Gasteiger partial charge in [0.25, 0.3) is 0 Å². The Bertz CT molecular complexity index is 896. The smallest absolute Gasteiger partial charge is 0.249 e. The lowest BCUT2D eigenvalue weighted by molar-refractivity contribution is -0.131. The molecule has 0 aromatic rings. The molecule has 0 spiro atoms. The molecule has 0 heterocycles. The summed E-state index contributed by atoms with van der Waals surface area (Å²) in [4.78, 5) is 12.5. The SMILES string of the molecule is CCCCC/C=C\C=C/CCCCCCCCCCCC(O)C(=O)NC(CO)C(O)/C=C/CC/C=C/CCCCCCCCCCCCCCCCCCC. The number of aliphatic hydroxyl groups excluding tert-OH is 3. The van der Waals surface area contributed by atoms with Crippen LogP contribution in [0.4, 0.5) is 0 Å². The molecule has 1 amide bonds. The third-order valence-corrected chi connectivity index (χ3v) is 10.9. The van der Waals surface area contributed by atoms with Crippen LogP contribution in [0.5, 0.6) is 0 Å². The van der Waals surface area contributed by atoms with Crippen LogP contribution in [0.25, 0.3) is 0 Å². The molecule has 0 saturated carbocycles. The van der Waals surface area contributed by atoms with Crippen molar-refractivity contribution in [2.45, 2.75) is 257 Å². The average molecular weight is 772 g/mol. The van der Waals surface area contributed by atoms with Crippen molar-refractivity contribution in [1.82, 2.24) is 5.32 Å². The van der Waals surface area contributed by atoms with Crippen molar-refractivity contribution in [3.05, 3.63) is 48.6 Å². The van der Waals surface area contributed by atoms with E-state index in [2.05, 4.69) is 55.6 Å². The summed E-state index contributed by atoms with van der Waals surface area (Å²) < 4.78 is 0. The van der Waals surface area contributed by atoms with Gasteiger partial charge in [0.1, 0.15) is 6.10 Å². The molecule has 0 aliphatic heterocycles. The van der Waals surface area contributed by atoms with Gasteiger partial charge < -0.3 is 20.6 Å². The van der Waals surface area contributed by atoms with Gasteiger partial charge in [-0.25, -0.2) is 0 Å². The zero-order chi connectivity index (χ0) is 40.1. The molecule has 0 aromatic carbocycles. The first kappa shape index (κ1) is 53.3. The van der Waals surface area contributed by atoms with Gasteiger partial charge in [-0.05, 0) is 57.8 Å². The second kappa shape index (κ2) is 45.0. The van der Waals surface area contributed by atoms with Crippen molar-refractivity contribution in [2.24, 2.45) is 0 Å². The summed E-state index contributed by atoms with van der Waals surface area (Å²) >= 11 is 0. The van der Waals surface area contributed by atoms with Gasteiger partial charge in [0.15, 0.2) is 0 Å². The van der Waals surface area contributed by atoms with Gasteiger partial charge in [0.05, 0.1) is 18.8 Å². The zero-order valence-electron chi connectivity index (χ0n) is 36.6. The van der Waals surface area contributed by atoms with E-state index in [0.29, 0.717) is 6.42 Å². The molecule has 3 unspecified atom stereocenters. The summed E-state index contributed by atoms with van der Waals surface area (Å²) in [7, 11) is 0. The number of amides is 1. The molecule has 0 saturated heterocycles. The van der Waals surface area contributed by atoms with Gasteiger partial charge in [-0.15, -0.1) is 0 Å². The fraction of sp³-hybridized carbons (Fsp3) is 0.820. The largest absolute Gasteiger partial charge is 0.394 e. The maximum absolute atomic E-state index is 12.5. The second-order valence-electron chi connectivity index (χ2n) is 16.3. The summed E-state index contributed by atoms with van der Waals surface area (Å²) in [6, 6.07) is -0.818. The topological polar surface area (TPSA) is 89.8 Å². The van der Waals surface area contributed by atoms with E-state index in [-0.39, 0.29) is 6.61 Å². The Balaban J connectivity index is 3.69. The zero-order valence-corrected chi connectivity index (χ0v) is 36.6. The standard InChI is InChI=1S/C50H93NO4/c1-3-5-7-9-11-13-15-17-19-21-23-24-25-26-27-29-30-32-34-36-38-40-42-44-48(53)47(46-52)51-50(55)49(54)45-43-41-39-37-35-33-31-28-22-20-18-16-14-12-10-8-6-4-2/h12,14,16,18,34,36,42,44,47-49,52-54H,3-11,13,15,17,19-33,35,37-41,43,45-46H2,1-2H3,(H,51,55)/b14-12-,18-16-,36-34+,44-42+. The van der Waals surface area contributed by atoms with E-state index < -0.39 is 24.2 Å². The monoisotopic (exact) mass is 772 g/mol. The van der Waals surface area contributed by atoms with Crippen LogP contribution in [0, 0.1) is 0 Å². The van der Waals surface area contributed by atoms with Crippen molar-refractivity contribution in [3.8, 4) is 0 Å². The maximum Gasteiger partial charge on any atom is 0.249 e. The molecule has 322 valence electrons. The molecule has 0 aliphatic carbocycles. The molecule has 5 heteroatoms. The number of carbonyl (C=O) groups excluding carboxylic acids is 1. The first-order chi connectivity index (χ1) is 27.1. The number of rotatable bonds is 43. The fourth-order valence-electron chi connectivity index (χ4n) is 7.13. The van der Waals surface area contributed by atoms with Crippen LogP contribution < -0.4 is 5.32 Å². The van der Waals surface area contributed by atoms with Crippen molar-refractivity contribution in [1.29, 1.82) is 0 Å². The van der Waals surface area contributed by atoms with Crippen molar-refractivity contribution < 1.29 is 20.1 Å². The Morgan fingerprint density at radius 2 is 0.800 bits per heavy atom. The van der Waals surface area contributed by atoms with Gasteiger partial charge in [-0.1, -0.05) is 229 Å². The van der Waals surface area contributed by atoms with E-state index in [1.807, 2.05) is 6.08 Å². The van der Waals surface area contributed by atoms with E-state index in [1.54, 1.807) is 6.08 Å². The van der Waals surface area contributed by atoms with E-state index in [0.717, 1.165) is 38.5 Å². The van der Waals surface area contributed by atoms with E-state index in [9.17, 15) is 20.1 Å². The molecule has 5 nitrogen and oxygen atoms in total. The molecular formula is C50H93NO4. The minimum atomic E-state index is -1.11. The third-order valence-electron chi connectivity index (χ3n) is 10.9. The number of aliphatic hydroxyl groups is 3. The highest BCUT2D eigenvalue weighted by Gasteiger charge is 2.22. The Morgan fingerprint density at radius 1 is 0.455 bits per heavy atom. The van der Waals surface area contributed by atoms with Gasteiger partial charge in [0, 0.05) is 0 Å². The molecule has 0 bridgehead atoms. The third kappa shape index (κ3) is 40.3. The molecular weight excluding hydrogens is 679 g/mol. The Morgan fingerprint density at radius 3 is 1.25 bits per heavy atom. The normalized spacial score (nSPS) is 13.9. The number of carbonyl (C=O) groups is 1. The quantitative estimate of drug-likeness (QED) is 0.0282. The lowest BCUT2D eigenvalue weighted by Gasteiger charge is -2.21. The minimum Gasteiger partial charge on any atom is -0.394 e. The molecule has 0 radical (unpaired) electrons. The Labute approximate surface area is 342 Å². The summed E-state index contributed by atoms with van der Waals surface area (Å²) in [6.07, 6.45) is 58.7. The highest BCUT2D eigenvalue weighted by Crippen LogP contribution is 2.15. The lowest BCUT2D eigenvalue weighted by atomic mass is 10.0. The number of hydrogen-bond acceptors (Lipinski definition) is 4. The highest BCUT2D eigenvalue weighted by atomic mass is 16.3. The molecule has 3 atom stereocenters. The maximum atomic E-state index is 12.5. The number of unbranched alkanes of at least 4 members (excludes halogenated alkanes) is 30. The molecule has 0 rings (SSSR count). The van der Waals surface area contributed by atoms with Crippen LogP contribution in [0.1, 0.15) is 239 Å². The van der Waals surface area contributed by atoms with Crippen LogP contribution in [0.3, 0.4) is 0 Å². The van der Waals surface area contributed by atoms with Gasteiger partial charge in [-0.3, -0.25) is 4.79 Å². The second-order valence-corrected chi connectivity index (χ2v) is 16.3. The van der Waals surface area contributed by atoms with E-state index in [1.165, 1.54) is 180 Å². The Kier molecular flexibility index (Phi) is 43.6. The summed E-state index contributed by atoms with van der Waals surface area (Å²) in [5, 5.41) is 33.2. The van der Waals surface area contributed by atoms with E-state index >= 15 is 0 Å². The summed E-state index contributed by atoms with van der Waals surface area (Å²) in [5.41, 5.74) is 0. The van der Waals surface area contributed by atoms with Gasteiger partial charge >= 0.3 is 0 Å². The van der Waals surface area contributed by atoms with Crippen molar-refractivity contribution in [3.63, 3.8) is 0 Å². The van der Waals surface area contributed by atoms with Crippen molar-refractivity contribution in [2.75, 3.05) is 6.61 Å². The Hall–Kier alpha value is -1.69. The van der Waals surface area contributed by atoms with Crippen LogP contribution in [-0.2, 0) is 4.79 Å². The summed E-state index contributed by atoms with van der Waals surface area (Å²) in [5.74, 6) is -0.517. The highest BCUT2D eigenvalue weighted by molar-refractivity contribution is 5.80. The predicted molar refractivity (Wildman–Crippen MR) is 241 cm³/mol.